The molecule has 1 rings (SSSR count). The van der Waals surface area contributed by atoms with E-state index in [1.807, 2.05) is 7.05 Å². The van der Waals surface area contributed by atoms with Gasteiger partial charge >= 0.3 is 0 Å². The van der Waals surface area contributed by atoms with Crippen LogP contribution in [0.5, 0.6) is 0 Å². The van der Waals surface area contributed by atoms with Crippen LogP contribution in [0.2, 0.25) is 0 Å². The van der Waals surface area contributed by atoms with Gasteiger partial charge in [-0.2, -0.15) is 0 Å². The first-order valence-corrected chi connectivity index (χ1v) is 5.92. The van der Waals surface area contributed by atoms with Crippen molar-refractivity contribution in [2.24, 2.45) is 0 Å². The van der Waals surface area contributed by atoms with Gasteiger partial charge in [0.1, 0.15) is 0 Å². The van der Waals surface area contributed by atoms with E-state index < -0.39 is 0 Å². The van der Waals surface area contributed by atoms with Crippen LogP contribution in [0.1, 0.15) is 12.8 Å². The largest absolute Gasteiger partial charge is 0.383 e. The number of ether oxygens (including phenoxy) is 1. The normalized spacial score (nSPS) is 21.2. The second-order valence-electron chi connectivity index (χ2n) is 4.17. The third-order valence-corrected chi connectivity index (χ3v) is 2.91. The van der Waals surface area contributed by atoms with Crippen molar-refractivity contribution in [2.75, 3.05) is 46.9 Å². The summed E-state index contributed by atoms with van der Waals surface area (Å²) >= 11 is 0. The Labute approximate surface area is 97.5 Å². The molecule has 0 radical (unpaired) electrons. The van der Waals surface area contributed by atoms with Crippen molar-refractivity contribution < 1.29 is 9.53 Å². The summed E-state index contributed by atoms with van der Waals surface area (Å²) in [6, 6.07) is 0.512. The van der Waals surface area contributed by atoms with Crippen LogP contribution < -0.4 is 10.6 Å². The maximum Gasteiger partial charge on any atom is 0.234 e. The van der Waals surface area contributed by atoms with E-state index in [0.29, 0.717) is 25.7 Å². The van der Waals surface area contributed by atoms with Crippen LogP contribution in [0.15, 0.2) is 0 Å². The zero-order chi connectivity index (χ0) is 11.8. The highest BCUT2D eigenvalue weighted by atomic mass is 16.5. The Kier molecular flexibility index (Phi) is 6.37. The molecule has 0 aliphatic carbocycles. The summed E-state index contributed by atoms with van der Waals surface area (Å²) in [5, 5.41) is 6.02. The minimum absolute atomic E-state index is 0.0973. The quantitative estimate of drug-likeness (QED) is 0.574. The van der Waals surface area contributed by atoms with Gasteiger partial charge in [0.05, 0.1) is 13.2 Å². The third kappa shape index (κ3) is 4.47. The molecule has 0 aromatic rings. The van der Waals surface area contributed by atoms with E-state index in [-0.39, 0.29) is 5.91 Å². The maximum atomic E-state index is 11.6. The number of amides is 1. The Morgan fingerprint density at radius 3 is 3.06 bits per heavy atom. The smallest absolute Gasteiger partial charge is 0.234 e. The molecule has 0 saturated carbocycles. The van der Waals surface area contributed by atoms with Crippen LogP contribution in [0.4, 0.5) is 0 Å². The number of carbonyl (C=O) groups is 1. The van der Waals surface area contributed by atoms with Gasteiger partial charge in [0.2, 0.25) is 5.91 Å². The number of nitrogens with zero attached hydrogens (tertiary/aromatic N) is 1. The molecule has 1 saturated heterocycles. The zero-order valence-electron chi connectivity index (χ0n) is 10.3. The number of likely N-dealkylation sites (N-methyl/N-ethyl adjacent to an activating group) is 1. The van der Waals surface area contributed by atoms with E-state index in [1.54, 1.807) is 7.11 Å². The molecule has 16 heavy (non-hydrogen) atoms. The third-order valence-electron chi connectivity index (χ3n) is 2.91. The Morgan fingerprint density at radius 2 is 2.38 bits per heavy atom. The van der Waals surface area contributed by atoms with Crippen LogP contribution in [0, 0.1) is 0 Å². The first-order chi connectivity index (χ1) is 7.77. The summed E-state index contributed by atoms with van der Waals surface area (Å²) in [7, 11) is 3.59. The molecular formula is C11H23N3O2. The molecule has 1 aliphatic heterocycles. The van der Waals surface area contributed by atoms with Crippen molar-refractivity contribution in [2.45, 2.75) is 18.9 Å². The van der Waals surface area contributed by atoms with E-state index in [9.17, 15) is 4.79 Å². The summed E-state index contributed by atoms with van der Waals surface area (Å²) in [4.78, 5) is 13.8. The average molecular weight is 229 g/mol. The van der Waals surface area contributed by atoms with Crippen molar-refractivity contribution in [3.05, 3.63) is 0 Å². The van der Waals surface area contributed by atoms with Gasteiger partial charge in [-0.1, -0.05) is 0 Å². The lowest BCUT2D eigenvalue weighted by Crippen LogP contribution is -2.43. The van der Waals surface area contributed by atoms with E-state index in [2.05, 4.69) is 15.5 Å². The van der Waals surface area contributed by atoms with E-state index >= 15 is 0 Å². The van der Waals surface area contributed by atoms with Gasteiger partial charge in [0.25, 0.3) is 0 Å². The minimum Gasteiger partial charge on any atom is -0.383 e. The molecule has 1 unspecified atom stereocenters. The second-order valence-corrected chi connectivity index (χ2v) is 4.17. The van der Waals surface area contributed by atoms with Crippen molar-refractivity contribution in [3.63, 3.8) is 0 Å². The minimum atomic E-state index is 0.0973. The second kappa shape index (κ2) is 7.60. The van der Waals surface area contributed by atoms with E-state index in [1.165, 1.54) is 12.8 Å². The molecular weight excluding hydrogens is 206 g/mol. The molecule has 0 aromatic carbocycles. The summed E-state index contributed by atoms with van der Waals surface area (Å²) < 4.78 is 4.88. The zero-order valence-corrected chi connectivity index (χ0v) is 10.3. The van der Waals surface area contributed by atoms with Gasteiger partial charge in [-0.25, -0.2) is 0 Å². The molecule has 0 aromatic heterocycles. The number of nitrogens with one attached hydrogen (secondary N) is 2. The molecule has 1 amide bonds. The fraction of sp³-hybridized carbons (Fsp3) is 0.909. The van der Waals surface area contributed by atoms with Crippen LogP contribution in [0.25, 0.3) is 0 Å². The number of hydrogen-bond donors (Lipinski definition) is 2. The molecule has 1 aliphatic rings. The summed E-state index contributed by atoms with van der Waals surface area (Å²) in [5.41, 5.74) is 0. The predicted octanol–water partition coefficient (Wildman–Crippen LogP) is -0.567. The molecule has 1 fully saturated rings. The van der Waals surface area contributed by atoms with Crippen molar-refractivity contribution in [1.29, 1.82) is 0 Å². The number of methoxy groups -OCH3 is 1. The van der Waals surface area contributed by atoms with Gasteiger partial charge in [0.15, 0.2) is 0 Å². The molecule has 0 spiro atoms. The SMILES string of the molecule is CNCC1CCCN1CC(=O)NCCOC. The van der Waals surface area contributed by atoms with Gasteiger partial charge < -0.3 is 15.4 Å². The molecule has 94 valence electrons. The fourth-order valence-electron chi connectivity index (χ4n) is 2.10. The van der Waals surface area contributed by atoms with Gasteiger partial charge in [-0.05, 0) is 26.4 Å². The summed E-state index contributed by atoms with van der Waals surface area (Å²) in [5.74, 6) is 0.0973. The highest BCUT2D eigenvalue weighted by molar-refractivity contribution is 5.78. The summed E-state index contributed by atoms with van der Waals surface area (Å²) in [6.45, 7) is 3.68. The number of rotatable bonds is 7. The molecule has 1 atom stereocenters. The van der Waals surface area contributed by atoms with E-state index in [0.717, 1.165) is 13.1 Å². The summed E-state index contributed by atoms with van der Waals surface area (Å²) in [6.07, 6.45) is 2.38. The highest BCUT2D eigenvalue weighted by Gasteiger charge is 2.25. The van der Waals surface area contributed by atoms with Crippen molar-refractivity contribution in [1.82, 2.24) is 15.5 Å². The number of carbonyl (C=O) groups excluding carboxylic acids is 1. The van der Waals surface area contributed by atoms with Crippen molar-refractivity contribution in [3.8, 4) is 0 Å². The predicted molar refractivity (Wildman–Crippen MR) is 63.4 cm³/mol. The topological polar surface area (TPSA) is 53.6 Å². The Balaban J connectivity index is 2.21. The van der Waals surface area contributed by atoms with Crippen LogP contribution in [0.3, 0.4) is 0 Å². The Hall–Kier alpha value is -0.650. The molecule has 1 heterocycles. The lowest BCUT2D eigenvalue weighted by atomic mass is 10.2. The standard InChI is InChI=1S/C11H23N3O2/c1-12-8-10-4-3-6-14(10)9-11(15)13-5-7-16-2/h10,12H,3-9H2,1-2H3,(H,13,15). The monoisotopic (exact) mass is 229 g/mol. The first-order valence-electron chi connectivity index (χ1n) is 5.92. The van der Waals surface area contributed by atoms with E-state index in [4.69, 9.17) is 4.74 Å². The molecule has 5 nitrogen and oxygen atoms in total. The van der Waals surface area contributed by atoms with Crippen molar-refractivity contribution >= 4 is 5.91 Å². The molecule has 0 bridgehead atoms. The highest BCUT2D eigenvalue weighted by Crippen LogP contribution is 2.15. The lowest BCUT2D eigenvalue weighted by molar-refractivity contribution is -0.122. The number of likely N-dealkylation sites (tertiary alicyclic amines) is 1. The number of hydrogen-bond acceptors (Lipinski definition) is 4. The average Bonchev–Trinajstić information content (AvgIpc) is 2.67. The first kappa shape index (κ1) is 13.4. The lowest BCUT2D eigenvalue weighted by Gasteiger charge is -2.23. The van der Waals surface area contributed by atoms with Gasteiger partial charge in [0, 0.05) is 26.2 Å². The maximum absolute atomic E-state index is 11.6. The van der Waals surface area contributed by atoms with Gasteiger partial charge in [-0.15, -0.1) is 0 Å². The Bertz CT molecular complexity index is 211. The fourth-order valence-corrected chi connectivity index (χ4v) is 2.10. The molecule has 5 heteroatoms. The molecule has 2 N–H and O–H groups in total. The van der Waals surface area contributed by atoms with Crippen LogP contribution >= 0.6 is 0 Å². The van der Waals surface area contributed by atoms with Crippen LogP contribution in [-0.4, -0.2) is 63.8 Å². The van der Waals surface area contributed by atoms with Gasteiger partial charge in [-0.3, -0.25) is 9.69 Å². The Morgan fingerprint density at radius 1 is 1.56 bits per heavy atom. The van der Waals surface area contributed by atoms with Crippen LogP contribution in [-0.2, 0) is 9.53 Å².